The van der Waals surface area contributed by atoms with Crippen molar-refractivity contribution in [2.24, 2.45) is 0 Å². The normalized spacial score (nSPS) is 24.3. The van der Waals surface area contributed by atoms with E-state index in [0.29, 0.717) is 11.9 Å². The average molecular weight is 344 g/mol. The minimum atomic E-state index is -0.196. The largest absolute Gasteiger partial charge is 0.393 e. The number of nitrogens with two attached hydrogens (primary N) is 1. The van der Waals surface area contributed by atoms with Crippen LogP contribution in [-0.2, 0) is 6.54 Å². The fraction of sp³-hybridized carbons (Fsp3) is 0.625. The monoisotopic (exact) mass is 344 g/mol. The summed E-state index contributed by atoms with van der Waals surface area (Å²) in [4.78, 5) is 17.4. The lowest BCUT2D eigenvalue weighted by Crippen LogP contribution is -2.47. The highest BCUT2D eigenvalue weighted by Crippen LogP contribution is 2.36. The van der Waals surface area contributed by atoms with Gasteiger partial charge in [-0.3, -0.25) is 9.58 Å². The zero-order valence-electron chi connectivity index (χ0n) is 14.2. The van der Waals surface area contributed by atoms with Gasteiger partial charge in [0.05, 0.1) is 18.3 Å². The molecule has 1 aliphatic carbocycles. The third-order valence-electron chi connectivity index (χ3n) is 5.09. The maximum atomic E-state index is 9.51. The number of aliphatic hydroxyl groups excluding tert-OH is 1. The van der Waals surface area contributed by atoms with Gasteiger partial charge in [0.1, 0.15) is 18.5 Å². The molecule has 25 heavy (non-hydrogen) atoms. The third-order valence-corrected chi connectivity index (χ3v) is 5.09. The van der Waals surface area contributed by atoms with Crippen molar-refractivity contribution in [1.82, 2.24) is 29.6 Å². The predicted octanol–water partition coefficient (Wildman–Crippen LogP) is -0.289. The van der Waals surface area contributed by atoms with Crippen molar-refractivity contribution in [2.75, 3.05) is 43.4 Å². The molecule has 1 saturated carbocycles. The number of nitrogens with zero attached hydrogens (tertiary/aromatic N) is 7. The third kappa shape index (κ3) is 3.72. The van der Waals surface area contributed by atoms with Crippen molar-refractivity contribution in [3.05, 3.63) is 24.4 Å². The molecule has 2 aliphatic rings. The number of anilines is 2. The highest BCUT2D eigenvalue weighted by molar-refractivity contribution is 5.45. The molecular formula is C16H24N8O. The first-order valence-electron chi connectivity index (χ1n) is 8.79. The van der Waals surface area contributed by atoms with Crippen molar-refractivity contribution >= 4 is 11.8 Å². The van der Waals surface area contributed by atoms with E-state index in [1.54, 1.807) is 12.7 Å². The topological polar surface area (TPSA) is 109 Å². The Hall–Kier alpha value is -2.26. The lowest BCUT2D eigenvalue weighted by atomic mass is 9.80. The van der Waals surface area contributed by atoms with Gasteiger partial charge in [-0.1, -0.05) is 0 Å². The molecule has 0 spiro atoms. The number of hydrogen-bond acceptors (Lipinski definition) is 8. The summed E-state index contributed by atoms with van der Waals surface area (Å²) >= 11 is 0. The van der Waals surface area contributed by atoms with Crippen LogP contribution in [-0.4, -0.2) is 73.6 Å². The Balaban J connectivity index is 1.34. The molecule has 134 valence electrons. The lowest BCUT2D eigenvalue weighted by molar-refractivity contribution is 0.0732. The van der Waals surface area contributed by atoms with E-state index in [1.807, 2.05) is 10.7 Å². The average Bonchev–Trinajstić information content (AvgIpc) is 3.10. The molecule has 2 aromatic rings. The number of aromatic nitrogens is 5. The highest BCUT2D eigenvalue weighted by atomic mass is 16.3. The number of aliphatic hydroxyl groups is 1. The van der Waals surface area contributed by atoms with E-state index in [1.165, 1.54) is 0 Å². The van der Waals surface area contributed by atoms with Crippen LogP contribution in [0.15, 0.2) is 18.7 Å². The van der Waals surface area contributed by atoms with Crippen LogP contribution >= 0.6 is 0 Å². The van der Waals surface area contributed by atoms with Crippen LogP contribution in [0.5, 0.6) is 0 Å². The second-order valence-corrected chi connectivity index (χ2v) is 6.82. The molecule has 0 bridgehead atoms. The Labute approximate surface area is 146 Å². The zero-order chi connectivity index (χ0) is 17.2. The van der Waals surface area contributed by atoms with Crippen molar-refractivity contribution in [2.45, 2.75) is 31.4 Å². The van der Waals surface area contributed by atoms with E-state index in [-0.39, 0.29) is 6.10 Å². The van der Waals surface area contributed by atoms with Gasteiger partial charge in [0.2, 0.25) is 5.95 Å². The summed E-state index contributed by atoms with van der Waals surface area (Å²) < 4.78 is 1.86. The summed E-state index contributed by atoms with van der Waals surface area (Å²) in [6, 6.07) is 2.04. The van der Waals surface area contributed by atoms with Crippen LogP contribution in [0.25, 0.3) is 0 Å². The van der Waals surface area contributed by atoms with Crippen LogP contribution in [0.4, 0.5) is 11.8 Å². The van der Waals surface area contributed by atoms with Crippen molar-refractivity contribution in [1.29, 1.82) is 0 Å². The predicted molar refractivity (Wildman–Crippen MR) is 93.1 cm³/mol. The minimum Gasteiger partial charge on any atom is -0.393 e. The quantitative estimate of drug-likeness (QED) is 0.762. The van der Waals surface area contributed by atoms with E-state index in [4.69, 9.17) is 5.73 Å². The Morgan fingerprint density at radius 2 is 1.92 bits per heavy atom. The van der Waals surface area contributed by atoms with Gasteiger partial charge in [0, 0.05) is 44.7 Å². The first-order valence-corrected chi connectivity index (χ1v) is 8.79. The summed E-state index contributed by atoms with van der Waals surface area (Å²) in [5.41, 5.74) is 6.87. The maximum Gasteiger partial charge on any atom is 0.222 e. The number of nitrogen functional groups attached to an aromatic ring is 1. The van der Waals surface area contributed by atoms with E-state index >= 15 is 0 Å². The molecule has 4 rings (SSSR count). The molecule has 1 aliphatic heterocycles. The Morgan fingerprint density at radius 1 is 1.12 bits per heavy atom. The first kappa shape index (κ1) is 16.2. The Kier molecular flexibility index (Phi) is 4.50. The molecule has 2 aromatic heterocycles. The van der Waals surface area contributed by atoms with Crippen molar-refractivity contribution < 1.29 is 5.11 Å². The SMILES string of the molecule is Nc1nc(C2CC(O)C2)cc(N2CCN(CCn3cncn3)CC2)n1. The highest BCUT2D eigenvalue weighted by Gasteiger charge is 2.30. The van der Waals surface area contributed by atoms with E-state index in [9.17, 15) is 5.11 Å². The van der Waals surface area contributed by atoms with Crippen LogP contribution in [0, 0.1) is 0 Å². The second kappa shape index (κ2) is 6.93. The van der Waals surface area contributed by atoms with E-state index in [0.717, 1.165) is 63.6 Å². The number of piperazine rings is 1. The van der Waals surface area contributed by atoms with Crippen molar-refractivity contribution in [3.63, 3.8) is 0 Å². The van der Waals surface area contributed by atoms with E-state index in [2.05, 4.69) is 29.9 Å². The van der Waals surface area contributed by atoms with Gasteiger partial charge in [0.25, 0.3) is 0 Å². The second-order valence-electron chi connectivity index (χ2n) is 6.82. The molecule has 9 heteroatoms. The molecule has 0 amide bonds. The molecule has 2 fully saturated rings. The lowest BCUT2D eigenvalue weighted by Gasteiger charge is -2.36. The van der Waals surface area contributed by atoms with Crippen LogP contribution < -0.4 is 10.6 Å². The van der Waals surface area contributed by atoms with Gasteiger partial charge in [-0.2, -0.15) is 10.1 Å². The van der Waals surface area contributed by atoms with Crippen LogP contribution in [0.1, 0.15) is 24.5 Å². The number of hydrogen-bond donors (Lipinski definition) is 2. The van der Waals surface area contributed by atoms with Crippen LogP contribution in [0.3, 0.4) is 0 Å². The summed E-state index contributed by atoms with van der Waals surface area (Å²) in [5.74, 6) is 1.53. The molecular weight excluding hydrogens is 320 g/mol. The smallest absolute Gasteiger partial charge is 0.222 e. The van der Waals surface area contributed by atoms with Gasteiger partial charge >= 0.3 is 0 Å². The number of rotatable bonds is 5. The molecule has 0 aromatic carbocycles. The summed E-state index contributed by atoms with van der Waals surface area (Å²) in [6.45, 7) is 5.62. The molecule has 0 unspecified atom stereocenters. The van der Waals surface area contributed by atoms with Crippen LogP contribution in [0.2, 0.25) is 0 Å². The maximum absolute atomic E-state index is 9.51. The minimum absolute atomic E-state index is 0.196. The molecule has 0 atom stereocenters. The Morgan fingerprint density at radius 3 is 2.60 bits per heavy atom. The van der Waals surface area contributed by atoms with Gasteiger partial charge in [0.15, 0.2) is 0 Å². The van der Waals surface area contributed by atoms with Gasteiger partial charge in [-0.15, -0.1) is 0 Å². The summed E-state index contributed by atoms with van der Waals surface area (Å²) in [5, 5.41) is 13.7. The molecule has 3 N–H and O–H groups in total. The van der Waals surface area contributed by atoms with Gasteiger partial charge < -0.3 is 15.7 Å². The molecule has 0 radical (unpaired) electrons. The fourth-order valence-electron chi connectivity index (χ4n) is 3.46. The van der Waals surface area contributed by atoms with E-state index < -0.39 is 0 Å². The molecule has 3 heterocycles. The molecule has 1 saturated heterocycles. The summed E-state index contributed by atoms with van der Waals surface area (Å²) in [7, 11) is 0. The van der Waals surface area contributed by atoms with Gasteiger partial charge in [-0.05, 0) is 12.8 Å². The summed E-state index contributed by atoms with van der Waals surface area (Å²) in [6.07, 6.45) is 4.66. The van der Waals surface area contributed by atoms with Crippen molar-refractivity contribution in [3.8, 4) is 0 Å². The Bertz CT molecular complexity index is 692. The van der Waals surface area contributed by atoms with Gasteiger partial charge in [-0.25, -0.2) is 9.97 Å². The first-order chi connectivity index (χ1) is 12.2. The molecule has 9 nitrogen and oxygen atoms in total. The standard InChI is InChI=1S/C16H24N8O/c17-16-20-14(12-7-13(25)8-12)9-15(21-16)23-4-1-22(2-5-23)3-6-24-11-18-10-19-24/h9-13,25H,1-8H2,(H2,17,20,21). The fourth-order valence-corrected chi connectivity index (χ4v) is 3.46. The zero-order valence-corrected chi connectivity index (χ0v) is 14.2.